The smallest absolute Gasteiger partial charge is 0.341 e. The Balaban J connectivity index is 2.32. The van der Waals surface area contributed by atoms with Gasteiger partial charge in [-0.05, 0) is 38.0 Å². The first-order valence-corrected chi connectivity index (χ1v) is 7.43. The SMILES string of the molecule is CCCC1(C(=O)OCC)OC1(C)c1cccc(Br)c1. The van der Waals surface area contributed by atoms with Gasteiger partial charge in [0.2, 0.25) is 0 Å². The first-order valence-electron chi connectivity index (χ1n) is 6.63. The zero-order valence-electron chi connectivity index (χ0n) is 11.5. The van der Waals surface area contributed by atoms with E-state index in [9.17, 15) is 4.79 Å². The highest BCUT2D eigenvalue weighted by molar-refractivity contribution is 9.10. The number of hydrogen-bond donors (Lipinski definition) is 0. The molecule has 19 heavy (non-hydrogen) atoms. The molecule has 1 aliphatic heterocycles. The summed E-state index contributed by atoms with van der Waals surface area (Å²) in [5.74, 6) is -0.251. The lowest BCUT2D eigenvalue weighted by Gasteiger charge is -2.15. The van der Waals surface area contributed by atoms with E-state index in [-0.39, 0.29) is 5.97 Å². The van der Waals surface area contributed by atoms with Gasteiger partial charge in [0, 0.05) is 4.47 Å². The molecule has 0 spiro atoms. The van der Waals surface area contributed by atoms with E-state index in [0.29, 0.717) is 13.0 Å². The summed E-state index contributed by atoms with van der Waals surface area (Å²) in [6, 6.07) is 7.90. The van der Waals surface area contributed by atoms with Gasteiger partial charge >= 0.3 is 5.97 Å². The van der Waals surface area contributed by atoms with Crippen LogP contribution >= 0.6 is 15.9 Å². The third-order valence-electron chi connectivity index (χ3n) is 3.69. The van der Waals surface area contributed by atoms with E-state index >= 15 is 0 Å². The van der Waals surface area contributed by atoms with Crippen LogP contribution in [0.2, 0.25) is 0 Å². The molecule has 2 rings (SSSR count). The lowest BCUT2D eigenvalue weighted by atomic mass is 9.85. The Kier molecular flexibility index (Phi) is 4.02. The van der Waals surface area contributed by atoms with Crippen molar-refractivity contribution in [2.75, 3.05) is 6.61 Å². The number of benzene rings is 1. The van der Waals surface area contributed by atoms with Crippen LogP contribution in [0.25, 0.3) is 0 Å². The van der Waals surface area contributed by atoms with E-state index in [2.05, 4.69) is 15.9 Å². The van der Waals surface area contributed by atoms with Gasteiger partial charge in [-0.25, -0.2) is 4.79 Å². The Labute approximate surface area is 122 Å². The molecule has 1 aromatic rings. The second kappa shape index (κ2) is 5.25. The van der Waals surface area contributed by atoms with Gasteiger partial charge in [0.1, 0.15) is 5.60 Å². The zero-order chi connectivity index (χ0) is 14.1. The molecule has 104 valence electrons. The molecule has 0 saturated carbocycles. The van der Waals surface area contributed by atoms with Gasteiger partial charge < -0.3 is 9.47 Å². The summed E-state index contributed by atoms with van der Waals surface area (Å²) in [5, 5.41) is 0. The molecule has 0 aliphatic carbocycles. The highest BCUT2D eigenvalue weighted by atomic mass is 79.9. The standard InChI is InChI=1S/C15H19BrO3/c1-4-9-15(13(17)18-5-2)14(3,19-15)11-7-6-8-12(16)10-11/h6-8,10H,4-5,9H2,1-3H3. The Morgan fingerprint density at radius 1 is 1.42 bits per heavy atom. The van der Waals surface area contributed by atoms with Gasteiger partial charge in [-0.3, -0.25) is 0 Å². The Morgan fingerprint density at radius 3 is 2.74 bits per heavy atom. The molecule has 2 atom stereocenters. The molecule has 0 bridgehead atoms. The normalized spacial score (nSPS) is 29.1. The van der Waals surface area contributed by atoms with Crippen LogP contribution in [-0.4, -0.2) is 18.2 Å². The lowest BCUT2D eigenvalue weighted by Crippen LogP contribution is -2.33. The maximum atomic E-state index is 12.2. The number of rotatable bonds is 5. The maximum Gasteiger partial charge on any atom is 0.341 e. The maximum absolute atomic E-state index is 12.2. The minimum atomic E-state index is -0.821. The van der Waals surface area contributed by atoms with Crippen molar-refractivity contribution in [3.8, 4) is 0 Å². The van der Waals surface area contributed by atoms with E-state index < -0.39 is 11.2 Å². The molecular weight excluding hydrogens is 308 g/mol. The number of carbonyl (C=O) groups is 1. The molecule has 0 radical (unpaired) electrons. The summed E-state index contributed by atoms with van der Waals surface area (Å²) in [4.78, 5) is 12.2. The van der Waals surface area contributed by atoms with E-state index in [0.717, 1.165) is 16.5 Å². The molecule has 4 heteroatoms. The predicted molar refractivity (Wildman–Crippen MR) is 76.9 cm³/mol. The van der Waals surface area contributed by atoms with Gasteiger partial charge in [-0.1, -0.05) is 41.4 Å². The molecule has 1 aromatic carbocycles. The average molecular weight is 327 g/mol. The van der Waals surface area contributed by atoms with Crippen LogP contribution in [0.15, 0.2) is 28.7 Å². The molecule has 0 N–H and O–H groups in total. The van der Waals surface area contributed by atoms with Crippen LogP contribution in [0.1, 0.15) is 39.2 Å². The second-order valence-electron chi connectivity index (χ2n) is 4.94. The monoisotopic (exact) mass is 326 g/mol. The Morgan fingerprint density at radius 2 is 2.16 bits per heavy atom. The van der Waals surface area contributed by atoms with Crippen LogP contribution in [-0.2, 0) is 19.9 Å². The van der Waals surface area contributed by atoms with Crippen molar-refractivity contribution < 1.29 is 14.3 Å². The van der Waals surface area contributed by atoms with Gasteiger partial charge in [-0.15, -0.1) is 0 Å². The van der Waals surface area contributed by atoms with Gasteiger partial charge in [0.25, 0.3) is 0 Å². The molecule has 1 fully saturated rings. The second-order valence-corrected chi connectivity index (χ2v) is 5.86. The average Bonchev–Trinajstić information content (AvgIpc) is 2.98. The highest BCUT2D eigenvalue weighted by Gasteiger charge is 2.73. The minimum Gasteiger partial charge on any atom is -0.464 e. The van der Waals surface area contributed by atoms with Crippen LogP contribution in [0.3, 0.4) is 0 Å². The molecule has 1 saturated heterocycles. The molecule has 2 unspecified atom stereocenters. The molecular formula is C15H19BrO3. The first kappa shape index (κ1) is 14.5. The van der Waals surface area contributed by atoms with Crippen LogP contribution < -0.4 is 0 Å². The molecule has 0 amide bonds. The number of hydrogen-bond acceptors (Lipinski definition) is 3. The third-order valence-corrected chi connectivity index (χ3v) is 4.18. The van der Waals surface area contributed by atoms with Crippen LogP contribution in [0.4, 0.5) is 0 Å². The number of halogens is 1. The molecule has 1 heterocycles. The van der Waals surface area contributed by atoms with Crippen LogP contribution in [0, 0.1) is 0 Å². The van der Waals surface area contributed by atoms with Gasteiger partial charge in [-0.2, -0.15) is 0 Å². The van der Waals surface area contributed by atoms with Crippen molar-refractivity contribution in [1.82, 2.24) is 0 Å². The van der Waals surface area contributed by atoms with Crippen molar-refractivity contribution in [1.29, 1.82) is 0 Å². The van der Waals surface area contributed by atoms with E-state index in [1.165, 1.54) is 0 Å². The van der Waals surface area contributed by atoms with Crippen molar-refractivity contribution in [3.05, 3.63) is 34.3 Å². The van der Waals surface area contributed by atoms with Crippen molar-refractivity contribution in [2.45, 2.75) is 44.8 Å². The summed E-state index contributed by atoms with van der Waals surface area (Å²) < 4.78 is 12.1. The fourth-order valence-corrected chi connectivity index (χ4v) is 3.03. The summed E-state index contributed by atoms with van der Waals surface area (Å²) in [7, 11) is 0. The lowest BCUT2D eigenvalue weighted by molar-refractivity contribution is -0.149. The van der Waals surface area contributed by atoms with Crippen molar-refractivity contribution >= 4 is 21.9 Å². The number of epoxide rings is 1. The van der Waals surface area contributed by atoms with Crippen molar-refractivity contribution in [3.63, 3.8) is 0 Å². The summed E-state index contributed by atoms with van der Waals surface area (Å²) in [6.07, 6.45) is 1.55. The summed E-state index contributed by atoms with van der Waals surface area (Å²) in [5.41, 5.74) is -0.402. The minimum absolute atomic E-state index is 0.251. The molecule has 1 aliphatic rings. The van der Waals surface area contributed by atoms with Crippen molar-refractivity contribution in [2.24, 2.45) is 0 Å². The largest absolute Gasteiger partial charge is 0.464 e. The van der Waals surface area contributed by atoms with E-state index in [1.54, 1.807) is 0 Å². The molecule has 0 aromatic heterocycles. The molecule has 3 nitrogen and oxygen atoms in total. The van der Waals surface area contributed by atoms with E-state index in [4.69, 9.17) is 9.47 Å². The first-order chi connectivity index (χ1) is 9.00. The number of ether oxygens (including phenoxy) is 2. The van der Waals surface area contributed by atoms with E-state index in [1.807, 2.05) is 45.0 Å². The summed E-state index contributed by atoms with van der Waals surface area (Å²) in [6.45, 7) is 6.20. The number of carbonyl (C=O) groups excluding carboxylic acids is 1. The number of esters is 1. The zero-order valence-corrected chi connectivity index (χ0v) is 13.1. The third kappa shape index (κ3) is 2.32. The van der Waals surface area contributed by atoms with Gasteiger partial charge in [0.15, 0.2) is 5.60 Å². The Bertz CT molecular complexity index is 488. The quantitative estimate of drug-likeness (QED) is 0.610. The predicted octanol–water partition coefficient (Wildman–Crippen LogP) is 3.80. The fraction of sp³-hybridized carbons (Fsp3) is 0.533. The topological polar surface area (TPSA) is 38.8 Å². The summed E-state index contributed by atoms with van der Waals surface area (Å²) >= 11 is 3.45. The fourth-order valence-electron chi connectivity index (χ4n) is 2.63. The van der Waals surface area contributed by atoms with Gasteiger partial charge in [0.05, 0.1) is 6.61 Å². The highest BCUT2D eigenvalue weighted by Crippen LogP contribution is 2.58. The van der Waals surface area contributed by atoms with Crippen LogP contribution in [0.5, 0.6) is 0 Å². The Hall–Kier alpha value is -0.870.